The first-order chi connectivity index (χ1) is 11.7. The van der Waals surface area contributed by atoms with E-state index in [4.69, 9.17) is 4.42 Å². The Kier molecular flexibility index (Phi) is 6.75. The zero-order chi connectivity index (χ0) is 16.8. The molecule has 3 rings (SSSR count). The van der Waals surface area contributed by atoms with Crippen molar-refractivity contribution in [1.82, 2.24) is 9.80 Å². The number of piperazine rings is 1. The van der Waals surface area contributed by atoms with Crippen molar-refractivity contribution < 1.29 is 9.52 Å². The van der Waals surface area contributed by atoms with Crippen LogP contribution in [0.4, 0.5) is 0 Å². The van der Waals surface area contributed by atoms with Gasteiger partial charge in [0.05, 0.1) is 6.54 Å². The highest BCUT2D eigenvalue weighted by Gasteiger charge is 2.27. The fraction of sp³-hybridized carbons (Fsp3) is 0.800. The second-order valence-corrected chi connectivity index (χ2v) is 7.74. The first-order valence-corrected chi connectivity index (χ1v) is 9.87. The molecule has 1 N–H and O–H groups in total. The van der Waals surface area contributed by atoms with Gasteiger partial charge in [-0.25, -0.2) is 0 Å². The van der Waals surface area contributed by atoms with E-state index in [-0.39, 0.29) is 6.61 Å². The van der Waals surface area contributed by atoms with E-state index in [1.165, 1.54) is 45.1 Å². The molecule has 0 radical (unpaired) electrons. The number of hydrogen-bond donors (Lipinski definition) is 1. The zero-order valence-electron chi connectivity index (χ0n) is 15.3. The van der Waals surface area contributed by atoms with Gasteiger partial charge in [-0.3, -0.25) is 4.90 Å². The second-order valence-electron chi connectivity index (χ2n) is 7.74. The summed E-state index contributed by atoms with van der Waals surface area (Å²) in [6.07, 6.45) is 9.44. The van der Waals surface area contributed by atoms with Gasteiger partial charge < -0.3 is 14.4 Å². The number of aliphatic hydroxyl groups is 1. The molecular weight excluding hydrogens is 300 g/mol. The van der Waals surface area contributed by atoms with E-state index in [1.807, 2.05) is 13.0 Å². The van der Waals surface area contributed by atoms with E-state index in [1.54, 1.807) is 0 Å². The summed E-state index contributed by atoms with van der Waals surface area (Å²) in [5, 5.41) is 9.44. The highest BCUT2D eigenvalue weighted by molar-refractivity contribution is 5.06. The lowest BCUT2D eigenvalue weighted by atomic mass is 10.0. The number of rotatable bonds is 8. The van der Waals surface area contributed by atoms with Gasteiger partial charge in [-0.1, -0.05) is 25.7 Å². The monoisotopic (exact) mass is 334 g/mol. The van der Waals surface area contributed by atoms with E-state index in [0.717, 1.165) is 50.0 Å². The molecule has 1 aromatic heterocycles. The molecule has 0 amide bonds. The molecule has 0 aromatic carbocycles. The Hall–Kier alpha value is -0.840. The average Bonchev–Trinajstić information content (AvgIpc) is 3.22. The van der Waals surface area contributed by atoms with Crippen LogP contribution in [0.5, 0.6) is 0 Å². The van der Waals surface area contributed by atoms with Crippen LogP contribution in [-0.2, 0) is 6.54 Å². The quantitative estimate of drug-likeness (QED) is 0.791. The standard InChI is InChI=1S/C20H34N2O2/c1-17-8-9-20(24-17)16-22-13-12-21(15-19(22)10-14-23)11-4-7-18-5-2-3-6-18/h8-9,18-19,23H,2-7,10-16H2,1H3/t19-/m0/s1. The van der Waals surface area contributed by atoms with Gasteiger partial charge in [0, 0.05) is 32.3 Å². The van der Waals surface area contributed by atoms with Gasteiger partial charge in [0.25, 0.3) is 0 Å². The fourth-order valence-electron chi connectivity index (χ4n) is 4.46. The van der Waals surface area contributed by atoms with Gasteiger partial charge in [0.15, 0.2) is 0 Å². The van der Waals surface area contributed by atoms with Crippen LogP contribution in [0.3, 0.4) is 0 Å². The largest absolute Gasteiger partial charge is 0.465 e. The van der Waals surface area contributed by atoms with E-state index < -0.39 is 0 Å². The lowest BCUT2D eigenvalue weighted by Gasteiger charge is -2.41. The maximum absolute atomic E-state index is 9.44. The predicted molar refractivity (Wildman–Crippen MR) is 97.0 cm³/mol. The Balaban J connectivity index is 1.45. The minimum atomic E-state index is 0.272. The van der Waals surface area contributed by atoms with Gasteiger partial charge in [-0.2, -0.15) is 0 Å². The van der Waals surface area contributed by atoms with Gasteiger partial charge >= 0.3 is 0 Å². The Morgan fingerprint density at radius 3 is 2.71 bits per heavy atom. The van der Waals surface area contributed by atoms with Crippen molar-refractivity contribution in [2.24, 2.45) is 5.92 Å². The Bertz CT molecular complexity index is 482. The van der Waals surface area contributed by atoms with Crippen molar-refractivity contribution in [2.75, 3.05) is 32.8 Å². The van der Waals surface area contributed by atoms with Crippen LogP contribution < -0.4 is 0 Å². The van der Waals surface area contributed by atoms with Crippen molar-refractivity contribution in [3.05, 3.63) is 23.7 Å². The molecule has 1 atom stereocenters. The third-order valence-electron chi connectivity index (χ3n) is 5.87. The summed E-state index contributed by atoms with van der Waals surface area (Å²) in [6, 6.07) is 4.57. The molecule has 1 saturated carbocycles. The molecule has 1 saturated heterocycles. The van der Waals surface area contributed by atoms with E-state index >= 15 is 0 Å². The summed E-state index contributed by atoms with van der Waals surface area (Å²) in [7, 11) is 0. The Morgan fingerprint density at radius 2 is 2.00 bits per heavy atom. The van der Waals surface area contributed by atoms with E-state index in [2.05, 4.69) is 15.9 Å². The van der Waals surface area contributed by atoms with Crippen LogP contribution in [0.15, 0.2) is 16.5 Å². The van der Waals surface area contributed by atoms with Crippen molar-refractivity contribution in [1.29, 1.82) is 0 Å². The molecule has 4 heteroatoms. The maximum Gasteiger partial charge on any atom is 0.118 e. The molecule has 0 spiro atoms. The van der Waals surface area contributed by atoms with Crippen LogP contribution in [0, 0.1) is 12.8 Å². The average molecular weight is 335 g/mol. The third kappa shape index (κ3) is 5.08. The Morgan fingerprint density at radius 1 is 1.17 bits per heavy atom. The topological polar surface area (TPSA) is 39.9 Å². The van der Waals surface area contributed by atoms with Crippen LogP contribution in [0.1, 0.15) is 56.5 Å². The molecule has 4 nitrogen and oxygen atoms in total. The molecule has 0 unspecified atom stereocenters. The van der Waals surface area contributed by atoms with Crippen molar-refractivity contribution >= 4 is 0 Å². The SMILES string of the molecule is Cc1ccc(CN2CCN(CCCC3CCCC3)C[C@@H]2CCO)o1. The molecule has 1 aliphatic heterocycles. The predicted octanol–water partition coefficient (Wildman–Crippen LogP) is 3.43. The minimum Gasteiger partial charge on any atom is -0.465 e. The molecule has 2 fully saturated rings. The second kappa shape index (κ2) is 9.02. The summed E-state index contributed by atoms with van der Waals surface area (Å²) in [5.74, 6) is 3.03. The minimum absolute atomic E-state index is 0.272. The third-order valence-corrected chi connectivity index (χ3v) is 5.87. The Labute approximate surface area is 146 Å². The smallest absolute Gasteiger partial charge is 0.118 e. The van der Waals surface area contributed by atoms with Gasteiger partial charge in [0.1, 0.15) is 11.5 Å². The van der Waals surface area contributed by atoms with Crippen molar-refractivity contribution in [3.63, 3.8) is 0 Å². The van der Waals surface area contributed by atoms with Crippen molar-refractivity contribution in [2.45, 2.75) is 64.5 Å². The first kappa shape index (κ1) is 18.0. The summed E-state index contributed by atoms with van der Waals surface area (Å²) in [6.45, 7) is 7.68. The summed E-state index contributed by atoms with van der Waals surface area (Å²) >= 11 is 0. The first-order valence-electron chi connectivity index (χ1n) is 9.87. The summed E-state index contributed by atoms with van der Waals surface area (Å²) < 4.78 is 5.74. The fourth-order valence-corrected chi connectivity index (χ4v) is 4.46. The summed E-state index contributed by atoms with van der Waals surface area (Å²) in [5.41, 5.74) is 0. The van der Waals surface area contributed by atoms with Gasteiger partial charge in [-0.15, -0.1) is 0 Å². The molecule has 1 aromatic rings. The maximum atomic E-state index is 9.44. The molecule has 1 aliphatic carbocycles. The van der Waals surface area contributed by atoms with Crippen LogP contribution in [0.2, 0.25) is 0 Å². The van der Waals surface area contributed by atoms with E-state index in [9.17, 15) is 5.11 Å². The number of aliphatic hydroxyl groups excluding tert-OH is 1. The number of hydrogen-bond acceptors (Lipinski definition) is 4. The van der Waals surface area contributed by atoms with E-state index in [0.29, 0.717) is 6.04 Å². The number of aryl methyl sites for hydroxylation is 1. The highest BCUT2D eigenvalue weighted by atomic mass is 16.3. The molecule has 0 bridgehead atoms. The molecule has 136 valence electrons. The lowest BCUT2D eigenvalue weighted by Crippen LogP contribution is -2.53. The zero-order valence-corrected chi connectivity index (χ0v) is 15.3. The van der Waals surface area contributed by atoms with Crippen LogP contribution in [0.25, 0.3) is 0 Å². The van der Waals surface area contributed by atoms with Gasteiger partial charge in [0.2, 0.25) is 0 Å². The highest BCUT2D eigenvalue weighted by Crippen LogP contribution is 2.28. The molecule has 24 heavy (non-hydrogen) atoms. The van der Waals surface area contributed by atoms with Crippen LogP contribution >= 0.6 is 0 Å². The lowest BCUT2D eigenvalue weighted by molar-refractivity contribution is 0.0478. The molecular formula is C20H34N2O2. The number of nitrogens with zero attached hydrogens (tertiary/aromatic N) is 2. The number of furan rings is 1. The molecule has 2 heterocycles. The van der Waals surface area contributed by atoms with Gasteiger partial charge in [-0.05, 0) is 50.8 Å². The molecule has 2 aliphatic rings. The van der Waals surface area contributed by atoms with Crippen LogP contribution in [-0.4, -0.2) is 53.7 Å². The normalized spacial score (nSPS) is 24.0. The summed E-state index contributed by atoms with van der Waals surface area (Å²) in [4.78, 5) is 5.10. The van der Waals surface area contributed by atoms with Crippen molar-refractivity contribution in [3.8, 4) is 0 Å².